The lowest BCUT2D eigenvalue weighted by molar-refractivity contribution is 0.760. The highest BCUT2D eigenvalue weighted by molar-refractivity contribution is 5.34. The molecule has 0 aliphatic carbocycles. The molecule has 0 saturated carbocycles. The first-order valence-corrected chi connectivity index (χ1v) is 6.11. The number of pyridine rings is 1. The van der Waals surface area contributed by atoms with Crippen LogP contribution in [0.1, 0.15) is 30.9 Å². The number of benzene rings is 1. The third-order valence-electron chi connectivity index (χ3n) is 3.01. The monoisotopic (exact) mass is 242 g/mol. The molecule has 18 heavy (non-hydrogen) atoms. The van der Waals surface area contributed by atoms with Crippen LogP contribution in [-0.4, -0.2) is 4.57 Å². The highest BCUT2D eigenvalue weighted by atomic mass is 16.1. The van der Waals surface area contributed by atoms with Gasteiger partial charge in [-0.25, -0.2) is 0 Å². The minimum absolute atomic E-state index is 0.0304. The van der Waals surface area contributed by atoms with E-state index in [0.717, 1.165) is 5.56 Å². The zero-order chi connectivity index (χ0) is 13.1. The average Bonchev–Trinajstić information content (AvgIpc) is 2.34. The summed E-state index contributed by atoms with van der Waals surface area (Å²) in [5, 5.41) is 0. The first-order valence-electron chi connectivity index (χ1n) is 6.11. The predicted molar refractivity (Wildman–Crippen MR) is 74.7 cm³/mol. The van der Waals surface area contributed by atoms with E-state index in [1.54, 1.807) is 16.8 Å². The van der Waals surface area contributed by atoms with Gasteiger partial charge in [-0.1, -0.05) is 38.1 Å². The number of nitrogens with two attached hydrogens (primary N) is 1. The molecule has 0 bridgehead atoms. The molecule has 2 N–H and O–H groups in total. The van der Waals surface area contributed by atoms with E-state index in [0.29, 0.717) is 18.2 Å². The first-order chi connectivity index (χ1) is 8.56. The van der Waals surface area contributed by atoms with Gasteiger partial charge in [0.05, 0.1) is 6.54 Å². The van der Waals surface area contributed by atoms with Crippen LogP contribution in [0.5, 0.6) is 0 Å². The fourth-order valence-electron chi connectivity index (χ4n) is 1.88. The fraction of sp³-hybridized carbons (Fsp3) is 0.267. The summed E-state index contributed by atoms with van der Waals surface area (Å²) in [6.45, 7) is 4.89. The Hall–Kier alpha value is -2.03. The number of hydrogen-bond acceptors (Lipinski definition) is 2. The van der Waals surface area contributed by atoms with Crippen LogP contribution in [0.2, 0.25) is 0 Å². The number of nitrogens with zero attached hydrogens (tertiary/aromatic N) is 1. The molecule has 3 nitrogen and oxygen atoms in total. The Kier molecular flexibility index (Phi) is 3.51. The molecule has 0 fully saturated rings. The van der Waals surface area contributed by atoms with Crippen molar-refractivity contribution in [2.24, 2.45) is 0 Å². The van der Waals surface area contributed by atoms with Crippen molar-refractivity contribution < 1.29 is 0 Å². The van der Waals surface area contributed by atoms with Crippen LogP contribution in [0.15, 0.2) is 47.4 Å². The largest absolute Gasteiger partial charge is 0.398 e. The average molecular weight is 242 g/mol. The molecule has 0 radical (unpaired) electrons. The van der Waals surface area contributed by atoms with E-state index in [-0.39, 0.29) is 5.56 Å². The summed E-state index contributed by atoms with van der Waals surface area (Å²) in [5.41, 5.74) is 8.67. The summed E-state index contributed by atoms with van der Waals surface area (Å²) in [6.07, 6.45) is 1.68. The van der Waals surface area contributed by atoms with Gasteiger partial charge in [0, 0.05) is 18.0 Å². The van der Waals surface area contributed by atoms with E-state index in [1.807, 2.05) is 0 Å². The maximum atomic E-state index is 11.7. The second kappa shape index (κ2) is 5.08. The van der Waals surface area contributed by atoms with Gasteiger partial charge in [-0.2, -0.15) is 0 Å². The molecule has 3 heteroatoms. The minimum Gasteiger partial charge on any atom is -0.398 e. The predicted octanol–water partition coefficient (Wildman–Crippen LogP) is 2.60. The lowest BCUT2D eigenvalue weighted by Crippen LogP contribution is -2.19. The molecule has 1 aromatic heterocycles. The Bertz CT molecular complexity index is 582. The molecule has 0 amide bonds. The normalized spacial score (nSPS) is 10.8. The molecule has 0 aliphatic rings. The lowest BCUT2D eigenvalue weighted by Gasteiger charge is -2.09. The van der Waals surface area contributed by atoms with Crippen LogP contribution >= 0.6 is 0 Å². The third kappa shape index (κ3) is 2.80. The molecule has 0 spiro atoms. The van der Waals surface area contributed by atoms with Crippen molar-refractivity contribution >= 4 is 5.69 Å². The summed E-state index contributed by atoms with van der Waals surface area (Å²) >= 11 is 0. The van der Waals surface area contributed by atoms with Crippen LogP contribution in [0.25, 0.3) is 0 Å². The number of nitrogen functional groups attached to an aromatic ring is 1. The molecular weight excluding hydrogens is 224 g/mol. The van der Waals surface area contributed by atoms with Crippen molar-refractivity contribution in [2.75, 3.05) is 5.73 Å². The van der Waals surface area contributed by atoms with E-state index >= 15 is 0 Å². The molecule has 0 saturated heterocycles. The number of aromatic nitrogens is 1. The third-order valence-corrected chi connectivity index (χ3v) is 3.01. The Labute approximate surface area is 107 Å². The second-order valence-corrected chi connectivity index (χ2v) is 4.82. The topological polar surface area (TPSA) is 48.0 Å². The highest BCUT2D eigenvalue weighted by Crippen LogP contribution is 2.15. The summed E-state index contributed by atoms with van der Waals surface area (Å²) in [4.78, 5) is 11.7. The van der Waals surface area contributed by atoms with Gasteiger partial charge in [-0.3, -0.25) is 4.79 Å². The van der Waals surface area contributed by atoms with Gasteiger partial charge in [0.25, 0.3) is 5.56 Å². The summed E-state index contributed by atoms with van der Waals surface area (Å²) < 4.78 is 1.62. The van der Waals surface area contributed by atoms with Gasteiger partial charge in [-0.15, -0.1) is 0 Å². The molecule has 1 aromatic carbocycles. The Morgan fingerprint density at radius 3 is 2.39 bits per heavy atom. The van der Waals surface area contributed by atoms with Crippen LogP contribution < -0.4 is 11.3 Å². The highest BCUT2D eigenvalue weighted by Gasteiger charge is 2.01. The van der Waals surface area contributed by atoms with E-state index in [2.05, 4.69) is 38.1 Å². The van der Waals surface area contributed by atoms with Crippen molar-refractivity contribution in [3.05, 3.63) is 64.1 Å². The SMILES string of the molecule is CC(C)c1ccc(Cn2cc(N)ccc2=O)cc1. The molecule has 0 aliphatic heterocycles. The summed E-state index contributed by atoms with van der Waals surface area (Å²) in [7, 11) is 0. The van der Waals surface area contributed by atoms with E-state index < -0.39 is 0 Å². The van der Waals surface area contributed by atoms with Crippen molar-refractivity contribution in [1.29, 1.82) is 0 Å². The Morgan fingerprint density at radius 2 is 1.78 bits per heavy atom. The zero-order valence-corrected chi connectivity index (χ0v) is 10.8. The Morgan fingerprint density at radius 1 is 1.11 bits per heavy atom. The van der Waals surface area contributed by atoms with E-state index in [9.17, 15) is 4.79 Å². The zero-order valence-electron chi connectivity index (χ0n) is 10.8. The van der Waals surface area contributed by atoms with Gasteiger partial charge in [-0.05, 0) is 23.1 Å². The first kappa shape index (κ1) is 12.4. The van der Waals surface area contributed by atoms with Gasteiger partial charge < -0.3 is 10.3 Å². The van der Waals surface area contributed by atoms with E-state index in [1.165, 1.54) is 11.6 Å². The van der Waals surface area contributed by atoms with Crippen LogP contribution in [0.3, 0.4) is 0 Å². The van der Waals surface area contributed by atoms with Crippen LogP contribution in [0, 0.1) is 0 Å². The van der Waals surface area contributed by atoms with Crippen molar-refractivity contribution in [3.8, 4) is 0 Å². The van der Waals surface area contributed by atoms with Crippen molar-refractivity contribution in [1.82, 2.24) is 4.57 Å². The molecule has 0 atom stereocenters. The summed E-state index contributed by atoms with van der Waals surface area (Å²) in [5.74, 6) is 0.522. The minimum atomic E-state index is -0.0304. The van der Waals surface area contributed by atoms with Gasteiger partial charge in [0.15, 0.2) is 0 Å². The molecule has 94 valence electrons. The summed E-state index contributed by atoms with van der Waals surface area (Å²) in [6, 6.07) is 11.5. The smallest absolute Gasteiger partial charge is 0.250 e. The van der Waals surface area contributed by atoms with E-state index in [4.69, 9.17) is 5.73 Å². The van der Waals surface area contributed by atoms with Crippen LogP contribution in [0.4, 0.5) is 5.69 Å². The molecule has 2 aromatic rings. The van der Waals surface area contributed by atoms with Crippen LogP contribution in [-0.2, 0) is 6.54 Å². The second-order valence-electron chi connectivity index (χ2n) is 4.82. The number of hydrogen-bond donors (Lipinski definition) is 1. The Balaban J connectivity index is 2.23. The number of anilines is 1. The lowest BCUT2D eigenvalue weighted by atomic mass is 10.0. The van der Waals surface area contributed by atoms with Crippen molar-refractivity contribution in [3.63, 3.8) is 0 Å². The maximum Gasteiger partial charge on any atom is 0.250 e. The maximum absolute atomic E-state index is 11.7. The number of rotatable bonds is 3. The van der Waals surface area contributed by atoms with Gasteiger partial charge >= 0.3 is 0 Å². The quantitative estimate of drug-likeness (QED) is 0.899. The van der Waals surface area contributed by atoms with Gasteiger partial charge in [0.1, 0.15) is 0 Å². The molecular formula is C15H18N2O. The molecule has 1 heterocycles. The van der Waals surface area contributed by atoms with Gasteiger partial charge in [0.2, 0.25) is 0 Å². The van der Waals surface area contributed by atoms with Crippen molar-refractivity contribution in [2.45, 2.75) is 26.3 Å². The fourth-order valence-corrected chi connectivity index (χ4v) is 1.88. The molecule has 0 unspecified atom stereocenters. The standard InChI is InChI=1S/C15H18N2O/c1-11(2)13-5-3-12(4-6-13)9-17-10-14(16)7-8-15(17)18/h3-8,10-11H,9,16H2,1-2H3. The molecule has 2 rings (SSSR count).